The molecule has 0 aromatic rings. The van der Waals surface area contributed by atoms with E-state index in [4.69, 9.17) is 58.0 Å². The largest absolute Gasteiger partial charge is 0.292 e. The van der Waals surface area contributed by atoms with E-state index in [2.05, 4.69) is 0 Å². The number of carbonyl (C=O) groups excluding carboxylic acids is 2. The molecule has 1 aliphatic carbocycles. The molecule has 0 aromatic heterocycles. The van der Waals surface area contributed by atoms with Gasteiger partial charge < -0.3 is 0 Å². The fraction of sp³-hybridized carbons (Fsp3) is 0.429. The van der Waals surface area contributed by atoms with E-state index in [1.54, 1.807) is 0 Å². The van der Waals surface area contributed by atoms with Crippen molar-refractivity contribution in [3.05, 3.63) is 10.6 Å². The van der Waals surface area contributed by atoms with E-state index >= 15 is 0 Å². The number of halogens is 5. The van der Waals surface area contributed by atoms with E-state index in [9.17, 15) is 9.59 Å². The van der Waals surface area contributed by atoms with Gasteiger partial charge in [-0.25, -0.2) is 0 Å². The van der Waals surface area contributed by atoms with Crippen LogP contribution in [0, 0.1) is 0 Å². The van der Waals surface area contributed by atoms with Crippen LogP contribution in [0.15, 0.2) is 10.6 Å². The third-order valence-corrected chi connectivity index (χ3v) is 3.91. The lowest BCUT2D eigenvalue weighted by molar-refractivity contribution is -0.126. The Bertz CT molecular complexity index is 355. The van der Waals surface area contributed by atoms with E-state index < -0.39 is 20.2 Å². The maximum atomic E-state index is 11.5. The molecule has 0 spiro atoms. The summed E-state index contributed by atoms with van der Waals surface area (Å²) in [6, 6.07) is 0. The summed E-state index contributed by atoms with van der Waals surface area (Å²) >= 11 is 27.9. The monoisotopic (exact) mass is 294 g/mol. The molecule has 0 saturated heterocycles. The van der Waals surface area contributed by atoms with E-state index in [1.165, 1.54) is 6.92 Å². The number of rotatable bonds is 0. The van der Waals surface area contributed by atoms with Crippen LogP contribution in [0.1, 0.15) is 6.92 Å². The van der Waals surface area contributed by atoms with Crippen LogP contribution < -0.4 is 0 Å². The Hall–Kier alpha value is 0.530. The van der Waals surface area contributed by atoms with Crippen LogP contribution in [0.4, 0.5) is 0 Å². The average molecular weight is 296 g/mol. The molecule has 0 N–H and O–H groups in total. The van der Waals surface area contributed by atoms with Crippen molar-refractivity contribution in [1.82, 2.24) is 0 Å². The van der Waals surface area contributed by atoms with Crippen molar-refractivity contribution in [2.45, 2.75) is 15.6 Å². The summed E-state index contributed by atoms with van der Waals surface area (Å²) in [7, 11) is 0. The van der Waals surface area contributed by atoms with Crippen LogP contribution in [-0.2, 0) is 9.59 Å². The van der Waals surface area contributed by atoms with E-state index in [0.29, 0.717) is 0 Å². The summed E-state index contributed by atoms with van der Waals surface area (Å²) in [6.07, 6.45) is 0. The lowest BCUT2D eigenvalue weighted by Crippen LogP contribution is -2.50. The second kappa shape index (κ2) is 3.53. The molecule has 14 heavy (non-hydrogen) atoms. The highest BCUT2D eigenvalue weighted by Gasteiger charge is 2.58. The van der Waals surface area contributed by atoms with Crippen LogP contribution in [0.3, 0.4) is 0 Å². The van der Waals surface area contributed by atoms with E-state index in [0.717, 1.165) is 0 Å². The zero-order chi connectivity index (χ0) is 11.3. The van der Waals surface area contributed by atoms with Crippen LogP contribution in [-0.4, -0.2) is 20.2 Å². The SMILES string of the molecule is CC1=C(Cl)C(=O)C(Cl)(Cl)C(=O)C1(Cl)Cl. The first-order valence-electron chi connectivity index (χ1n) is 3.35. The Labute approximate surface area is 105 Å². The predicted molar refractivity (Wildman–Crippen MR) is 57.4 cm³/mol. The first-order valence-corrected chi connectivity index (χ1v) is 5.24. The summed E-state index contributed by atoms with van der Waals surface area (Å²) in [6.45, 7) is 1.36. The first kappa shape index (κ1) is 12.6. The van der Waals surface area contributed by atoms with Crippen molar-refractivity contribution < 1.29 is 9.59 Å². The van der Waals surface area contributed by atoms with Crippen LogP contribution >= 0.6 is 58.0 Å². The van der Waals surface area contributed by atoms with Gasteiger partial charge in [0.25, 0.3) is 0 Å². The minimum absolute atomic E-state index is 0.0365. The Balaban J connectivity index is 3.47. The molecule has 2 nitrogen and oxygen atoms in total. The van der Waals surface area contributed by atoms with Gasteiger partial charge in [0.05, 0.1) is 5.03 Å². The van der Waals surface area contributed by atoms with Gasteiger partial charge in [-0.2, -0.15) is 0 Å². The van der Waals surface area contributed by atoms with Gasteiger partial charge in [0.2, 0.25) is 20.2 Å². The zero-order valence-electron chi connectivity index (χ0n) is 6.71. The Morgan fingerprint density at radius 1 is 1.00 bits per heavy atom. The molecule has 0 atom stereocenters. The van der Waals surface area contributed by atoms with E-state index in [1.807, 2.05) is 0 Å². The maximum absolute atomic E-state index is 11.5. The zero-order valence-corrected chi connectivity index (χ0v) is 10.5. The van der Waals surface area contributed by atoms with Crippen LogP contribution in [0.25, 0.3) is 0 Å². The fourth-order valence-electron chi connectivity index (χ4n) is 0.917. The van der Waals surface area contributed by atoms with Gasteiger partial charge in [-0.1, -0.05) is 58.0 Å². The van der Waals surface area contributed by atoms with Crippen LogP contribution in [0.2, 0.25) is 0 Å². The Kier molecular flexibility index (Phi) is 3.18. The minimum Gasteiger partial charge on any atom is -0.292 e. The number of carbonyl (C=O) groups is 2. The fourth-order valence-corrected chi connectivity index (χ4v) is 2.53. The molecule has 0 bridgehead atoms. The molecule has 1 aliphatic rings. The molecule has 0 amide bonds. The smallest absolute Gasteiger partial charge is 0.242 e. The molecule has 0 fully saturated rings. The first-order chi connectivity index (χ1) is 6.13. The molecule has 0 unspecified atom stereocenters. The van der Waals surface area contributed by atoms with Crippen molar-refractivity contribution in [2.75, 3.05) is 0 Å². The van der Waals surface area contributed by atoms with Crippen molar-refractivity contribution in [3.8, 4) is 0 Å². The predicted octanol–water partition coefficient (Wildman–Crippen LogP) is 3.00. The lowest BCUT2D eigenvalue weighted by atomic mass is 9.96. The van der Waals surface area contributed by atoms with Crippen LogP contribution in [0.5, 0.6) is 0 Å². The number of hydrogen-bond donors (Lipinski definition) is 0. The van der Waals surface area contributed by atoms with Gasteiger partial charge in [0.15, 0.2) is 0 Å². The second-order valence-corrected chi connectivity index (χ2v) is 5.78. The van der Waals surface area contributed by atoms with Gasteiger partial charge in [-0.3, -0.25) is 9.59 Å². The third kappa shape index (κ3) is 1.57. The van der Waals surface area contributed by atoms with Crippen molar-refractivity contribution in [1.29, 1.82) is 0 Å². The van der Waals surface area contributed by atoms with Gasteiger partial charge in [-0.15, -0.1) is 0 Å². The molecular formula is C7H3Cl5O2. The number of allylic oxidation sites excluding steroid dienone is 2. The molecule has 0 radical (unpaired) electrons. The highest BCUT2D eigenvalue weighted by molar-refractivity contribution is 6.79. The van der Waals surface area contributed by atoms with Crippen molar-refractivity contribution >= 4 is 69.6 Å². The summed E-state index contributed by atoms with van der Waals surface area (Å²) in [5.74, 6) is -1.90. The molecule has 0 aromatic carbocycles. The molecular weight excluding hydrogens is 293 g/mol. The van der Waals surface area contributed by atoms with Crippen molar-refractivity contribution in [3.63, 3.8) is 0 Å². The molecule has 1 rings (SSSR count). The summed E-state index contributed by atoms with van der Waals surface area (Å²) in [5.41, 5.74) is 0.0365. The standard InChI is InChI=1S/C7H3Cl5O2/c1-2-3(8)4(13)7(11,12)5(14)6(2,9)10/h1H3. The van der Waals surface area contributed by atoms with Gasteiger partial charge in [0.1, 0.15) is 0 Å². The molecule has 0 aliphatic heterocycles. The van der Waals surface area contributed by atoms with Gasteiger partial charge >= 0.3 is 0 Å². The Morgan fingerprint density at radius 3 is 1.86 bits per heavy atom. The average Bonchev–Trinajstić information content (AvgIpc) is 2.11. The third-order valence-electron chi connectivity index (χ3n) is 1.86. The van der Waals surface area contributed by atoms with Gasteiger partial charge in [0, 0.05) is 0 Å². The Morgan fingerprint density at radius 2 is 1.43 bits per heavy atom. The normalized spacial score (nSPS) is 25.6. The highest BCUT2D eigenvalue weighted by Crippen LogP contribution is 2.47. The summed E-state index contributed by atoms with van der Waals surface area (Å²) in [5, 5.41) is -0.306. The number of hydrogen-bond acceptors (Lipinski definition) is 2. The molecule has 78 valence electrons. The second-order valence-electron chi connectivity index (χ2n) is 2.75. The topological polar surface area (TPSA) is 34.1 Å². The van der Waals surface area contributed by atoms with E-state index in [-0.39, 0.29) is 10.6 Å². The molecule has 0 heterocycles. The maximum Gasteiger partial charge on any atom is 0.242 e. The number of Topliss-reactive ketones (excluding diaryl/α,β-unsaturated/α-hetero) is 2. The number of ketones is 2. The number of alkyl halides is 4. The van der Waals surface area contributed by atoms with Gasteiger partial charge in [-0.05, 0) is 12.5 Å². The lowest BCUT2D eigenvalue weighted by Gasteiger charge is -2.31. The highest BCUT2D eigenvalue weighted by atomic mass is 35.5. The summed E-state index contributed by atoms with van der Waals surface area (Å²) in [4.78, 5) is 22.9. The quantitative estimate of drug-likeness (QED) is 0.509. The van der Waals surface area contributed by atoms with Crippen molar-refractivity contribution in [2.24, 2.45) is 0 Å². The molecule has 0 saturated carbocycles. The molecule has 7 heteroatoms. The minimum atomic E-state index is -2.31. The summed E-state index contributed by atoms with van der Waals surface area (Å²) < 4.78 is -4.26.